The third-order valence-corrected chi connectivity index (χ3v) is 15.2. The normalized spacial score (nSPS) is 11.6. The van der Waals surface area contributed by atoms with Crippen LogP contribution in [0.2, 0.25) is 0 Å². The second-order valence-corrected chi connectivity index (χ2v) is 19.5. The molecular weight excluding hydrogens is 893 g/mol. The minimum Gasteiger partial charge on any atom is -0.309 e. The number of fused-ring (bicyclic) bond motifs is 7. The van der Waals surface area contributed by atoms with E-state index in [0.717, 1.165) is 33.5 Å². The summed E-state index contributed by atoms with van der Waals surface area (Å²) < 4.78 is 4.82. The van der Waals surface area contributed by atoms with Crippen LogP contribution in [0.3, 0.4) is 0 Å². The molecule has 0 N–H and O–H groups in total. The molecule has 5 heteroatoms. The fourth-order valence-corrected chi connectivity index (χ4v) is 11.6. The van der Waals surface area contributed by atoms with E-state index in [0.29, 0.717) is 17.5 Å². The third-order valence-electron chi connectivity index (χ3n) is 14.0. The maximum absolute atomic E-state index is 5.31. The Morgan fingerprint density at radius 1 is 0.264 bits per heavy atom. The minimum atomic E-state index is 0.614. The Morgan fingerprint density at radius 3 is 1.36 bits per heavy atom. The largest absolute Gasteiger partial charge is 0.309 e. The van der Waals surface area contributed by atoms with Crippen LogP contribution in [0.1, 0.15) is 0 Å². The molecule has 4 nitrogen and oxygen atoms in total. The molecule has 11 aromatic carbocycles. The molecule has 0 aliphatic rings. The Hall–Kier alpha value is -9.29. The predicted octanol–water partition coefficient (Wildman–Crippen LogP) is 18.2. The third kappa shape index (κ3) is 7.34. The summed E-state index contributed by atoms with van der Waals surface area (Å²) in [7, 11) is 0. The van der Waals surface area contributed by atoms with Gasteiger partial charge < -0.3 is 4.57 Å². The Kier molecular flexibility index (Phi) is 10.0. The van der Waals surface area contributed by atoms with Crippen LogP contribution < -0.4 is 0 Å². The summed E-state index contributed by atoms with van der Waals surface area (Å²) in [6, 6.07) is 91.3. The Labute approximate surface area is 420 Å². The van der Waals surface area contributed by atoms with Gasteiger partial charge in [-0.2, -0.15) is 0 Å². The Morgan fingerprint density at radius 2 is 0.708 bits per heavy atom. The zero-order valence-corrected chi connectivity index (χ0v) is 39.8. The Balaban J connectivity index is 0.905. The number of para-hydroxylation sites is 2. The lowest BCUT2D eigenvalue weighted by atomic mass is 9.91. The first-order valence-electron chi connectivity index (χ1n) is 24.3. The van der Waals surface area contributed by atoms with Crippen LogP contribution in [0.5, 0.6) is 0 Å². The summed E-state index contributed by atoms with van der Waals surface area (Å²) >= 11 is 1.81. The molecule has 0 amide bonds. The smallest absolute Gasteiger partial charge is 0.164 e. The van der Waals surface area contributed by atoms with E-state index < -0.39 is 0 Å². The van der Waals surface area contributed by atoms with Gasteiger partial charge in [0, 0.05) is 53.3 Å². The van der Waals surface area contributed by atoms with Gasteiger partial charge >= 0.3 is 0 Å². The number of aromatic nitrogens is 4. The van der Waals surface area contributed by atoms with E-state index in [9.17, 15) is 0 Å². The van der Waals surface area contributed by atoms with Gasteiger partial charge in [0.25, 0.3) is 0 Å². The van der Waals surface area contributed by atoms with Crippen LogP contribution >= 0.6 is 11.3 Å². The highest BCUT2D eigenvalue weighted by atomic mass is 32.1. The van der Waals surface area contributed by atoms with Crippen molar-refractivity contribution in [1.29, 1.82) is 0 Å². The molecule has 0 saturated heterocycles. The lowest BCUT2D eigenvalue weighted by Gasteiger charge is -2.14. The molecule has 0 fully saturated rings. The van der Waals surface area contributed by atoms with Crippen molar-refractivity contribution in [3.05, 3.63) is 255 Å². The van der Waals surface area contributed by atoms with Crippen molar-refractivity contribution in [3.63, 3.8) is 0 Å². The van der Waals surface area contributed by atoms with Crippen molar-refractivity contribution >= 4 is 64.1 Å². The van der Waals surface area contributed by atoms with Gasteiger partial charge in [0.05, 0.1) is 11.0 Å². The van der Waals surface area contributed by atoms with Gasteiger partial charge in [0.15, 0.2) is 17.5 Å². The summed E-state index contributed by atoms with van der Waals surface area (Å²) in [5.41, 5.74) is 15.6. The van der Waals surface area contributed by atoms with Gasteiger partial charge in [-0.3, -0.25) is 0 Å². The summed E-state index contributed by atoms with van der Waals surface area (Å²) in [5, 5.41) is 7.27. The zero-order chi connectivity index (χ0) is 47.5. The molecule has 3 heterocycles. The number of hydrogen-bond acceptors (Lipinski definition) is 4. The van der Waals surface area contributed by atoms with Crippen molar-refractivity contribution in [2.45, 2.75) is 0 Å². The van der Waals surface area contributed by atoms with Crippen LogP contribution in [0, 0.1) is 0 Å². The standard InChI is InChI=1S/C67H42N4S/c1-4-15-43(16-5-1)49-30-35-63-59(40-49)60-41-51(31-36-64(60)72-63)67-69-65(46-27-32-54(33-28-46)71-61-25-12-10-23-56(61)57-24-11-13-26-62(57)71)68-66(70-67)50-22-14-21-47(37-50)48-29-34-55-53(38-48)39-52(44-17-6-2-7-18-44)42-58(55)45-19-8-3-9-20-45/h1-42H. The van der Waals surface area contributed by atoms with E-state index in [1.165, 1.54) is 86.1 Å². The zero-order valence-electron chi connectivity index (χ0n) is 38.9. The van der Waals surface area contributed by atoms with Crippen molar-refractivity contribution in [2.75, 3.05) is 0 Å². The maximum Gasteiger partial charge on any atom is 0.164 e. The molecule has 0 saturated carbocycles. The fraction of sp³-hybridized carbons (Fsp3) is 0. The first kappa shape index (κ1) is 41.7. The van der Waals surface area contributed by atoms with Crippen LogP contribution in [0.25, 0.3) is 137 Å². The van der Waals surface area contributed by atoms with Crippen molar-refractivity contribution in [1.82, 2.24) is 19.5 Å². The van der Waals surface area contributed by atoms with Gasteiger partial charge in [-0.1, -0.05) is 164 Å². The average molecular weight is 935 g/mol. The quantitative estimate of drug-likeness (QED) is 0.152. The van der Waals surface area contributed by atoms with Gasteiger partial charge in [-0.25, -0.2) is 15.0 Å². The fourth-order valence-electron chi connectivity index (χ4n) is 10.5. The van der Waals surface area contributed by atoms with Gasteiger partial charge in [0.2, 0.25) is 0 Å². The molecule has 0 unspecified atom stereocenters. The molecule has 3 aromatic heterocycles. The molecule has 14 rings (SSSR count). The maximum atomic E-state index is 5.31. The lowest BCUT2D eigenvalue weighted by Crippen LogP contribution is -2.01. The number of thiophene rings is 1. The van der Waals surface area contributed by atoms with E-state index >= 15 is 0 Å². The molecule has 72 heavy (non-hydrogen) atoms. The summed E-state index contributed by atoms with van der Waals surface area (Å²) in [6.07, 6.45) is 0. The van der Waals surface area contributed by atoms with Crippen molar-refractivity contribution < 1.29 is 0 Å². The monoisotopic (exact) mass is 934 g/mol. The molecular formula is C67H42N4S. The van der Waals surface area contributed by atoms with Crippen molar-refractivity contribution in [2.24, 2.45) is 0 Å². The number of benzene rings is 11. The molecule has 0 aliphatic carbocycles. The first-order chi connectivity index (χ1) is 35.6. The lowest BCUT2D eigenvalue weighted by molar-refractivity contribution is 1.07. The average Bonchev–Trinajstić information content (AvgIpc) is 4.00. The molecule has 14 aromatic rings. The SMILES string of the molecule is c1ccc(-c2cc(-c3ccccc3)c3ccc(-c4cccc(-c5nc(-c6ccc(-n7c8ccccc8c8ccccc87)cc6)nc(-c6ccc7sc8ccc(-c9ccccc9)cc8c7c6)n5)c4)cc3c2)cc1. The molecule has 0 aliphatic heterocycles. The van der Waals surface area contributed by atoms with E-state index in [-0.39, 0.29) is 0 Å². The van der Waals surface area contributed by atoms with Gasteiger partial charge in [-0.05, 0) is 146 Å². The number of rotatable bonds is 8. The van der Waals surface area contributed by atoms with E-state index in [1.54, 1.807) is 0 Å². The highest BCUT2D eigenvalue weighted by Crippen LogP contribution is 2.41. The van der Waals surface area contributed by atoms with Crippen LogP contribution in [0.15, 0.2) is 255 Å². The minimum absolute atomic E-state index is 0.614. The Bertz CT molecular complexity index is 4310. The first-order valence-corrected chi connectivity index (χ1v) is 25.1. The van der Waals surface area contributed by atoms with Crippen LogP contribution in [-0.2, 0) is 0 Å². The van der Waals surface area contributed by atoms with Gasteiger partial charge in [0.1, 0.15) is 0 Å². The highest BCUT2D eigenvalue weighted by Gasteiger charge is 2.18. The molecule has 0 radical (unpaired) electrons. The van der Waals surface area contributed by atoms with Gasteiger partial charge in [-0.15, -0.1) is 11.3 Å². The second kappa shape index (κ2) is 17.3. The molecule has 0 atom stereocenters. The summed E-state index contributed by atoms with van der Waals surface area (Å²) in [5.74, 6) is 1.85. The van der Waals surface area contributed by atoms with E-state index in [2.05, 4.69) is 259 Å². The molecule has 0 bridgehead atoms. The molecule has 336 valence electrons. The van der Waals surface area contributed by atoms with Crippen molar-refractivity contribution in [3.8, 4) is 84.4 Å². The second-order valence-electron chi connectivity index (χ2n) is 18.4. The van der Waals surface area contributed by atoms with Crippen LogP contribution in [0.4, 0.5) is 0 Å². The molecule has 0 spiro atoms. The van der Waals surface area contributed by atoms with E-state index in [1.807, 2.05) is 11.3 Å². The number of hydrogen-bond donors (Lipinski definition) is 0. The topological polar surface area (TPSA) is 43.6 Å². The predicted molar refractivity (Wildman–Crippen MR) is 303 cm³/mol. The summed E-state index contributed by atoms with van der Waals surface area (Å²) in [4.78, 5) is 15.9. The van der Waals surface area contributed by atoms with Crippen LogP contribution in [-0.4, -0.2) is 19.5 Å². The van der Waals surface area contributed by atoms with E-state index in [4.69, 9.17) is 15.0 Å². The number of nitrogens with zero attached hydrogens (tertiary/aromatic N) is 4. The highest BCUT2D eigenvalue weighted by molar-refractivity contribution is 7.25. The summed E-state index contributed by atoms with van der Waals surface area (Å²) in [6.45, 7) is 0.